The number of hydrogen-bond acceptors (Lipinski definition) is 7. The number of carbonyl (C=O) groups excluding carboxylic acids is 2. The summed E-state index contributed by atoms with van der Waals surface area (Å²) in [6.07, 6.45) is 0. The normalized spacial score (nSPS) is 17.5. The van der Waals surface area contributed by atoms with Gasteiger partial charge in [-0.3, -0.25) is 19.7 Å². The van der Waals surface area contributed by atoms with Gasteiger partial charge in [0.2, 0.25) is 0 Å². The van der Waals surface area contributed by atoms with Gasteiger partial charge in [0.15, 0.2) is 0 Å². The fourth-order valence-electron chi connectivity index (χ4n) is 3.67. The van der Waals surface area contributed by atoms with Gasteiger partial charge in [-0.15, -0.1) is 11.3 Å². The predicted octanol–water partition coefficient (Wildman–Crippen LogP) is 4.29. The summed E-state index contributed by atoms with van der Waals surface area (Å²) in [7, 11) is 1.53. The Balaban J connectivity index is 1.87. The van der Waals surface area contributed by atoms with Crippen molar-refractivity contribution < 1.29 is 24.4 Å². The second kappa shape index (κ2) is 8.64. The van der Waals surface area contributed by atoms with Crippen LogP contribution in [0, 0.1) is 10.1 Å². The smallest absolute Gasteiger partial charge is 0.295 e. The quantitative estimate of drug-likeness (QED) is 0.197. The summed E-state index contributed by atoms with van der Waals surface area (Å²) in [5, 5.41) is 24.1. The van der Waals surface area contributed by atoms with Crippen LogP contribution >= 0.6 is 11.3 Å². The molecule has 1 aliphatic rings. The molecule has 1 unspecified atom stereocenters. The molecule has 1 atom stereocenters. The Labute approximate surface area is 187 Å². The van der Waals surface area contributed by atoms with E-state index in [0.29, 0.717) is 11.3 Å². The highest BCUT2D eigenvalue weighted by Crippen LogP contribution is 2.41. The molecule has 1 aliphatic heterocycles. The summed E-state index contributed by atoms with van der Waals surface area (Å²) in [5.41, 5.74) is 0.348. The number of amides is 1. The molecule has 4 rings (SSSR count). The van der Waals surface area contributed by atoms with Crippen LogP contribution in [0.2, 0.25) is 0 Å². The van der Waals surface area contributed by atoms with Gasteiger partial charge < -0.3 is 14.7 Å². The minimum absolute atomic E-state index is 0.0897. The van der Waals surface area contributed by atoms with Gasteiger partial charge in [-0.2, -0.15) is 0 Å². The molecule has 162 valence electrons. The average Bonchev–Trinajstić information content (AvgIpc) is 3.41. The zero-order chi connectivity index (χ0) is 22.8. The Hall–Kier alpha value is -3.98. The lowest BCUT2D eigenvalue weighted by atomic mass is 9.95. The molecule has 1 saturated heterocycles. The van der Waals surface area contributed by atoms with Crippen molar-refractivity contribution in [3.05, 3.63) is 97.7 Å². The molecular weight excluding hydrogens is 432 g/mol. The zero-order valence-corrected chi connectivity index (χ0v) is 17.7. The minimum Gasteiger partial charge on any atom is -0.507 e. The van der Waals surface area contributed by atoms with Gasteiger partial charge in [0.05, 0.1) is 30.2 Å². The van der Waals surface area contributed by atoms with E-state index in [1.165, 1.54) is 47.6 Å². The summed E-state index contributed by atoms with van der Waals surface area (Å²) in [6.45, 7) is 0.185. The number of rotatable bonds is 6. The number of nitro groups is 1. The van der Waals surface area contributed by atoms with Crippen molar-refractivity contribution >= 4 is 34.5 Å². The first-order chi connectivity index (χ1) is 15.4. The Morgan fingerprint density at radius 1 is 1.16 bits per heavy atom. The Bertz CT molecular complexity index is 1220. The zero-order valence-electron chi connectivity index (χ0n) is 16.9. The molecule has 1 amide bonds. The van der Waals surface area contributed by atoms with Crippen LogP contribution < -0.4 is 4.74 Å². The van der Waals surface area contributed by atoms with Crippen molar-refractivity contribution in [1.82, 2.24) is 4.90 Å². The molecule has 0 saturated carbocycles. The van der Waals surface area contributed by atoms with Crippen molar-refractivity contribution in [1.29, 1.82) is 0 Å². The molecule has 8 nitrogen and oxygen atoms in total. The lowest BCUT2D eigenvalue weighted by Crippen LogP contribution is -2.28. The van der Waals surface area contributed by atoms with Crippen LogP contribution in [0.25, 0.3) is 5.76 Å². The largest absolute Gasteiger partial charge is 0.507 e. The van der Waals surface area contributed by atoms with Crippen LogP contribution in [-0.4, -0.2) is 33.7 Å². The molecule has 0 radical (unpaired) electrons. The number of nitro benzene ring substituents is 1. The van der Waals surface area contributed by atoms with Crippen LogP contribution in [0.15, 0.2) is 71.6 Å². The predicted molar refractivity (Wildman–Crippen MR) is 118 cm³/mol. The number of ether oxygens (including phenoxy) is 1. The van der Waals surface area contributed by atoms with E-state index in [1.54, 1.807) is 24.3 Å². The van der Waals surface area contributed by atoms with Gasteiger partial charge in [0.1, 0.15) is 11.5 Å². The average molecular weight is 450 g/mol. The number of benzene rings is 2. The number of ketones is 1. The Kier molecular flexibility index (Phi) is 5.74. The van der Waals surface area contributed by atoms with E-state index >= 15 is 0 Å². The first-order valence-corrected chi connectivity index (χ1v) is 10.5. The van der Waals surface area contributed by atoms with E-state index in [4.69, 9.17) is 4.74 Å². The first-order valence-electron chi connectivity index (χ1n) is 9.60. The SMILES string of the molecule is COc1ccc(C2/C(=C(/O)c3cccc([N+](=O)[O-])c3)C(=O)C(=O)N2Cc2cccs2)cc1. The molecule has 0 spiro atoms. The number of aliphatic hydroxyl groups is 1. The van der Waals surface area contributed by atoms with Crippen molar-refractivity contribution in [2.45, 2.75) is 12.6 Å². The summed E-state index contributed by atoms with van der Waals surface area (Å²) in [6, 6.07) is 15.0. The van der Waals surface area contributed by atoms with Gasteiger partial charge in [0, 0.05) is 22.6 Å². The van der Waals surface area contributed by atoms with Gasteiger partial charge >= 0.3 is 0 Å². The highest BCUT2D eigenvalue weighted by atomic mass is 32.1. The Morgan fingerprint density at radius 3 is 2.53 bits per heavy atom. The maximum absolute atomic E-state index is 13.0. The third-order valence-electron chi connectivity index (χ3n) is 5.21. The monoisotopic (exact) mass is 450 g/mol. The second-order valence-corrected chi connectivity index (χ2v) is 8.12. The number of thiophene rings is 1. The van der Waals surface area contributed by atoms with Crippen LogP contribution in [0.5, 0.6) is 5.75 Å². The highest BCUT2D eigenvalue weighted by molar-refractivity contribution is 7.09. The van der Waals surface area contributed by atoms with Crippen LogP contribution in [0.4, 0.5) is 5.69 Å². The molecule has 3 aromatic rings. The van der Waals surface area contributed by atoms with Crippen LogP contribution in [0.3, 0.4) is 0 Å². The molecular formula is C23H18N2O6S. The lowest BCUT2D eigenvalue weighted by Gasteiger charge is -2.25. The fraction of sp³-hybridized carbons (Fsp3) is 0.130. The molecule has 0 aliphatic carbocycles. The number of aliphatic hydroxyl groups excluding tert-OH is 1. The van der Waals surface area contributed by atoms with E-state index in [2.05, 4.69) is 0 Å². The number of carbonyl (C=O) groups is 2. The summed E-state index contributed by atoms with van der Waals surface area (Å²) in [5.74, 6) is -1.44. The molecule has 0 bridgehead atoms. The Morgan fingerprint density at radius 2 is 1.91 bits per heavy atom. The molecule has 1 N–H and O–H groups in total. The second-order valence-electron chi connectivity index (χ2n) is 7.09. The van der Waals surface area contributed by atoms with E-state index in [0.717, 1.165) is 4.88 Å². The molecule has 2 aromatic carbocycles. The number of likely N-dealkylation sites (tertiary alicyclic amines) is 1. The van der Waals surface area contributed by atoms with E-state index < -0.39 is 28.4 Å². The maximum atomic E-state index is 13.0. The van der Waals surface area contributed by atoms with Gasteiger partial charge in [-0.1, -0.05) is 30.3 Å². The highest BCUT2D eigenvalue weighted by Gasteiger charge is 2.46. The standard InChI is InChI=1S/C23H18N2O6S/c1-31-17-9-7-14(8-10-17)20-19(21(26)15-4-2-5-16(12-15)25(29)30)22(27)23(28)24(20)13-18-6-3-11-32-18/h2-12,20,26H,13H2,1H3/b21-19-. The summed E-state index contributed by atoms with van der Waals surface area (Å²) in [4.78, 5) is 38.8. The fourth-order valence-corrected chi connectivity index (χ4v) is 4.37. The number of methoxy groups -OCH3 is 1. The lowest BCUT2D eigenvalue weighted by molar-refractivity contribution is -0.384. The molecule has 1 fully saturated rings. The first kappa shape index (κ1) is 21.3. The van der Waals surface area contributed by atoms with E-state index in [9.17, 15) is 24.8 Å². The minimum atomic E-state index is -0.859. The summed E-state index contributed by atoms with van der Waals surface area (Å²) < 4.78 is 5.19. The topological polar surface area (TPSA) is 110 Å². The number of hydrogen-bond donors (Lipinski definition) is 1. The number of Topliss-reactive ketones (excluding diaryl/α,β-unsaturated/α-hetero) is 1. The van der Waals surface area contributed by atoms with Crippen molar-refractivity contribution in [2.75, 3.05) is 7.11 Å². The van der Waals surface area contributed by atoms with Crippen molar-refractivity contribution in [3.63, 3.8) is 0 Å². The molecule has 32 heavy (non-hydrogen) atoms. The molecule has 1 aromatic heterocycles. The van der Waals surface area contributed by atoms with E-state index in [1.807, 2.05) is 17.5 Å². The van der Waals surface area contributed by atoms with Crippen LogP contribution in [-0.2, 0) is 16.1 Å². The third-order valence-corrected chi connectivity index (χ3v) is 6.07. The van der Waals surface area contributed by atoms with Gasteiger partial charge in [0.25, 0.3) is 17.4 Å². The van der Waals surface area contributed by atoms with E-state index in [-0.39, 0.29) is 23.4 Å². The number of nitrogens with zero attached hydrogens (tertiary/aromatic N) is 2. The number of non-ortho nitro benzene ring substituents is 1. The van der Waals surface area contributed by atoms with Gasteiger partial charge in [-0.05, 0) is 29.1 Å². The van der Waals surface area contributed by atoms with Crippen LogP contribution in [0.1, 0.15) is 22.0 Å². The summed E-state index contributed by atoms with van der Waals surface area (Å²) >= 11 is 1.45. The van der Waals surface area contributed by atoms with Gasteiger partial charge in [-0.25, -0.2) is 0 Å². The van der Waals surface area contributed by atoms with Crippen molar-refractivity contribution in [3.8, 4) is 5.75 Å². The maximum Gasteiger partial charge on any atom is 0.295 e. The molecule has 2 heterocycles. The molecule has 9 heteroatoms. The third kappa shape index (κ3) is 3.85. The van der Waals surface area contributed by atoms with Crippen molar-refractivity contribution in [2.24, 2.45) is 0 Å².